The van der Waals surface area contributed by atoms with Gasteiger partial charge < -0.3 is 10.6 Å². The van der Waals surface area contributed by atoms with Gasteiger partial charge in [0.05, 0.1) is 0 Å². The minimum Gasteiger partial charge on any atom is -0.310 e. The van der Waals surface area contributed by atoms with E-state index in [-0.39, 0.29) is 11.1 Å². The van der Waals surface area contributed by atoms with Crippen molar-refractivity contribution < 1.29 is 0 Å². The van der Waals surface area contributed by atoms with E-state index in [2.05, 4.69) is 68.8 Å². The maximum Gasteiger partial charge on any atom is 0.0208 e. The van der Waals surface area contributed by atoms with Crippen LogP contribution in [0.15, 0.2) is 29.2 Å². The largest absolute Gasteiger partial charge is 0.310 e. The lowest BCUT2D eigenvalue weighted by atomic mass is 9.79. The molecule has 20 heavy (non-hydrogen) atoms. The van der Waals surface area contributed by atoms with Crippen molar-refractivity contribution in [1.82, 2.24) is 10.6 Å². The number of rotatable bonds is 4. The summed E-state index contributed by atoms with van der Waals surface area (Å²) in [6.07, 6.45) is 4.48. The maximum atomic E-state index is 3.74. The Balaban J connectivity index is 1.92. The lowest BCUT2D eigenvalue weighted by molar-refractivity contribution is 0.145. The first-order chi connectivity index (χ1) is 9.30. The highest BCUT2D eigenvalue weighted by atomic mass is 32.2. The normalized spacial score (nSPS) is 21.9. The minimum atomic E-state index is 0.210. The first-order valence-electron chi connectivity index (χ1n) is 7.45. The number of hydrogen-bond acceptors (Lipinski definition) is 3. The van der Waals surface area contributed by atoms with Crippen molar-refractivity contribution >= 4 is 11.8 Å². The molecular weight excluding hydrogens is 264 g/mol. The average Bonchev–Trinajstić information content (AvgIpc) is 2.33. The van der Waals surface area contributed by atoms with Gasteiger partial charge in [-0.3, -0.25) is 0 Å². The molecule has 112 valence electrons. The quantitative estimate of drug-likeness (QED) is 0.825. The molecule has 1 saturated heterocycles. The molecule has 1 aromatic rings. The molecule has 0 atom stereocenters. The van der Waals surface area contributed by atoms with E-state index in [0.717, 1.165) is 6.54 Å². The summed E-state index contributed by atoms with van der Waals surface area (Å²) < 4.78 is 0. The number of hydrogen-bond donors (Lipinski definition) is 2. The van der Waals surface area contributed by atoms with Gasteiger partial charge in [-0.1, -0.05) is 12.1 Å². The van der Waals surface area contributed by atoms with Crippen LogP contribution in [0.1, 0.15) is 46.1 Å². The van der Waals surface area contributed by atoms with Crippen LogP contribution in [0, 0.1) is 0 Å². The van der Waals surface area contributed by atoms with E-state index < -0.39 is 0 Å². The fourth-order valence-electron chi connectivity index (χ4n) is 3.47. The third-order valence-electron chi connectivity index (χ3n) is 3.94. The zero-order valence-electron chi connectivity index (χ0n) is 13.4. The minimum absolute atomic E-state index is 0.210. The molecule has 0 spiro atoms. The lowest BCUT2D eigenvalue weighted by Crippen LogP contribution is -2.61. The van der Waals surface area contributed by atoms with Crippen LogP contribution in [0.2, 0.25) is 0 Å². The van der Waals surface area contributed by atoms with Gasteiger partial charge in [0.15, 0.2) is 0 Å². The number of benzene rings is 1. The number of piperidine rings is 1. The molecule has 2 rings (SSSR count). The first kappa shape index (κ1) is 15.9. The lowest BCUT2D eigenvalue weighted by Gasteiger charge is -2.46. The predicted molar refractivity (Wildman–Crippen MR) is 89.4 cm³/mol. The van der Waals surface area contributed by atoms with E-state index in [4.69, 9.17) is 0 Å². The van der Waals surface area contributed by atoms with Gasteiger partial charge in [-0.2, -0.15) is 0 Å². The zero-order valence-corrected chi connectivity index (χ0v) is 14.2. The average molecular weight is 292 g/mol. The van der Waals surface area contributed by atoms with Crippen molar-refractivity contribution in [2.75, 3.05) is 6.26 Å². The van der Waals surface area contributed by atoms with Crippen LogP contribution >= 0.6 is 11.8 Å². The summed E-state index contributed by atoms with van der Waals surface area (Å²) in [6.45, 7) is 10.2. The van der Waals surface area contributed by atoms with Crippen LogP contribution in [-0.4, -0.2) is 23.4 Å². The Labute approximate surface area is 128 Å². The van der Waals surface area contributed by atoms with E-state index in [1.54, 1.807) is 11.8 Å². The summed E-state index contributed by atoms with van der Waals surface area (Å²) in [7, 11) is 0. The van der Waals surface area contributed by atoms with Gasteiger partial charge in [-0.25, -0.2) is 0 Å². The Hall–Kier alpha value is -0.510. The Morgan fingerprint density at radius 1 is 1.10 bits per heavy atom. The first-order valence-corrected chi connectivity index (χ1v) is 8.68. The molecule has 0 radical (unpaired) electrons. The molecule has 1 heterocycles. The van der Waals surface area contributed by atoms with Gasteiger partial charge >= 0.3 is 0 Å². The number of thioether (sulfide) groups is 1. The summed E-state index contributed by atoms with van der Waals surface area (Å²) in [5.74, 6) is 0. The van der Waals surface area contributed by atoms with Gasteiger partial charge in [0.25, 0.3) is 0 Å². The highest BCUT2D eigenvalue weighted by Crippen LogP contribution is 2.28. The zero-order chi connectivity index (χ0) is 14.8. The second-order valence-electron chi connectivity index (χ2n) is 7.23. The summed E-state index contributed by atoms with van der Waals surface area (Å²) in [5.41, 5.74) is 1.79. The molecule has 1 aliphatic rings. The Morgan fingerprint density at radius 3 is 2.15 bits per heavy atom. The molecule has 1 aliphatic heterocycles. The molecule has 0 bridgehead atoms. The third-order valence-corrected chi connectivity index (χ3v) is 4.69. The SMILES string of the molecule is CSc1ccc(CNC2CC(C)(C)NC(C)(C)C2)cc1. The molecule has 0 unspecified atom stereocenters. The van der Waals surface area contributed by atoms with Gasteiger partial charge in [-0.15, -0.1) is 11.8 Å². The molecule has 1 fully saturated rings. The van der Waals surface area contributed by atoms with Gasteiger partial charge in [0.1, 0.15) is 0 Å². The third kappa shape index (κ3) is 4.51. The van der Waals surface area contributed by atoms with Crippen molar-refractivity contribution in [3.8, 4) is 0 Å². The van der Waals surface area contributed by atoms with Crippen LogP contribution in [0.5, 0.6) is 0 Å². The second-order valence-corrected chi connectivity index (χ2v) is 8.11. The summed E-state index contributed by atoms with van der Waals surface area (Å²) in [4.78, 5) is 1.33. The molecular formula is C17H28N2S. The highest BCUT2D eigenvalue weighted by molar-refractivity contribution is 7.98. The molecule has 2 nitrogen and oxygen atoms in total. The fraction of sp³-hybridized carbons (Fsp3) is 0.647. The van der Waals surface area contributed by atoms with Gasteiger partial charge in [-0.05, 0) is 64.5 Å². The maximum absolute atomic E-state index is 3.74. The molecule has 0 aliphatic carbocycles. The molecule has 1 aromatic carbocycles. The van der Waals surface area contributed by atoms with E-state index in [1.807, 2.05) is 0 Å². The van der Waals surface area contributed by atoms with Gasteiger partial charge in [0, 0.05) is 28.6 Å². The summed E-state index contributed by atoms with van der Waals surface area (Å²) in [5, 5.41) is 7.47. The van der Waals surface area contributed by atoms with E-state index >= 15 is 0 Å². The standard InChI is InChI=1S/C17H28N2S/c1-16(2)10-14(11-17(3,4)19-16)18-12-13-6-8-15(20-5)9-7-13/h6-9,14,18-19H,10-12H2,1-5H3. The molecule has 2 N–H and O–H groups in total. The Morgan fingerprint density at radius 2 is 1.65 bits per heavy atom. The van der Waals surface area contributed by atoms with Crippen LogP contribution < -0.4 is 10.6 Å². The molecule has 0 saturated carbocycles. The number of nitrogens with one attached hydrogen (secondary N) is 2. The van der Waals surface area contributed by atoms with E-state index in [9.17, 15) is 0 Å². The van der Waals surface area contributed by atoms with Gasteiger partial charge in [0.2, 0.25) is 0 Å². The monoisotopic (exact) mass is 292 g/mol. The van der Waals surface area contributed by atoms with Crippen LogP contribution in [-0.2, 0) is 6.54 Å². The fourth-order valence-corrected chi connectivity index (χ4v) is 3.88. The predicted octanol–water partition coefficient (Wildman–Crippen LogP) is 3.81. The van der Waals surface area contributed by atoms with Crippen LogP contribution in [0.4, 0.5) is 0 Å². The Kier molecular flexibility index (Phi) is 4.83. The smallest absolute Gasteiger partial charge is 0.0208 e. The van der Waals surface area contributed by atoms with Crippen molar-refractivity contribution in [2.45, 2.75) is 69.1 Å². The topological polar surface area (TPSA) is 24.1 Å². The van der Waals surface area contributed by atoms with E-state index in [0.29, 0.717) is 6.04 Å². The van der Waals surface area contributed by atoms with Crippen molar-refractivity contribution in [3.05, 3.63) is 29.8 Å². The van der Waals surface area contributed by atoms with Crippen molar-refractivity contribution in [3.63, 3.8) is 0 Å². The summed E-state index contributed by atoms with van der Waals surface area (Å²) >= 11 is 1.79. The molecule has 0 aromatic heterocycles. The van der Waals surface area contributed by atoms with E-state index in [1.165, 1.54) is 23.3 Å². The van der Waals surface area contributed by atoms with Crippen molar-refractivity contribution in [2.24, 2.45) is 0 Å². The Bertz CT molecular complexity index is 421. The molecule has 0 amide bonds. The highest BCUT2D eigenvalue weighted by Gasteiger charge is 2.37. The summed E-state index contributed by atoms with van der Waals surface area (Å²) in [6, 6.07) is 9.46. The van der Waals surface area contributed by atoms with Crippen LogP contribution in [0.3, 0.4) is 0 Å². The van der Waals surface area contributed by atoms with Crippen LogP contribution in [0.25, 0.3) is 0 Å². The van der Waals surface area contributed by atoms with Crippen molar-refractivity contribution in [1.29, 1.82) is 0 Å². The second kappa shape index (κ2) is 6.08. The molecule has 3 heteroatoms.